The van der Waals surface area contributed by atoms with Crippen LogP contribution in [0.15, 0.2) is 59.3 Å². The summed E-state index contributed by atoms with van der Waals surface area (Å²) in [7, 11) is 1.36. The number of rotatable bonds is 6. The molecule has 6 N–H and O–H groups in total. The highest BCUT2D eigenvalue weighted by Crippen LogP contribution is 2.39. The van der Waals surface area contributed by atoms with Crippen LogP contribution in [-0.2, 0) is 23.7 Å². The van der Waals surface area contributed by atoms with Gasteiger partial charge in [0.2, 0.25) is 6.29 Å². The molecule has 1 fully saturated rings. The largest absolute Gasteiger partial charge is 0.508 e. The average molecular weight is 506 g/mol. The number of methoxy groups -OCH3 is 1. The number of hydrogen-bond donors (Lipinski definition) is 6. The molecule has 0 spiro atoms. The molecule has 12 heteroatoms. The van der Waals surface area contributed by atoms with Crippen molar-refractivity contribution in [3.63, 3.8) is 0 Å². The Kier molecular flexibility index (Phi) is 7.13. The van der Waals surface area contributed by atoms with Gasteiger partial charge in [0.15, 0.2) is 23.0 Å². The lowest BCUT2D eigenvalue weighted by molar-refractivity contribution is -0.291. The first-order chi connectivity index (χ1) is 17.1. The van der Waals surface area contributed by atoms with Gasteiger partial charge in [-0.1, -0.05) is 0 Å². The van der Waals surface area contributed by atoms with Gasteiger partial charge in [-0.15, -0.1) is 0 Å². The quantitative estimate of drug-likeness (QED) is 0.297. The zero-order valence-electron chi connectivity index (χ0n) is 19.3. The molecule has 1 saturated heterocycles. The van der Waals surface area contributed by atoms with Crippen molar-refractivity contribution in [3.05, 3.63) is 64.8 Å². The number of hydrogen-bond acceptors (Lipinski definition) is 12. The van der Waals surface area contributed by atoms with Gasteiger partial charge in [0.1, 0.15) is 48.6 Å². The van der Waals surface area contributed by atoms with E-state index in [2.05, 4.69) is 0 Å². The summed E-state index contributed by atoms with van der Waals surface area (Å²) >= 11 is 0. The number of allylic oxidation sites excluding steroid dienone is 2. The molecule has 0 amide bonds. The van der Waals surface area contributed by atoms with Crippen LogP contribution in [0.2, 0.25) is 0 Å². The van der Waals surface area contributed by atoms with E-state index in [4.69, 9.17) is 23.7 Å². The van der Waals surface area contributed by atoms with Gasteiger partial charge in [-0.2, -0.15) is 0 Å². The van der Waals surface area contributed by atoms with Crippen molar-refractivity contribution >= 4 is 11.7 Å². The molecular formula is C24H26O12. The molecule has 0 bridgehead atoms. The molecule has 4 rings (SSSR count). The average Bonchev–Trinajstić information content (AvgIpc) is 2.83. The molecule has 2 aliphatic heterocycles. The minimum atomic E-state index is -1.72. The Bertz CT molecular complexity index is 1150. The van der Waals surface area contributed by atoms with Crippen LogP contribution in [0.25, 0.3) is 5.76 Å². The summed E-state index contributed by atoms with van der Waals surface area (Å²) in [5.74, 6) is -1.16. The highest BCUT2D eigenvalue weighted by Gasteiger charge is 2.46. The summed E-state index contributed by atoms with van der Waals surface area (Å²) in [4.78, 5) is 11.2. The van der Waals surface area contributed by atoms with Gasteiger partial charge < -0.3 is 54.3 Å². The van der Waals surface area contributed by atoms with Crippen molar-refractivity contribution in [2.24, 2.45) is 0 Å². The fraction of sp³-hybridized carbons (Fsp3) is 0.375. The first kappa shape index (κ1) is 25.4. The molecule has 36 heavy (non-hydrogen) atoms. The summed E-state index contributed by atoms with van der Waals surface area (Å²) in [6.45, 7) is 0.754. The number of aliphatic hydroxyl groups excluding tert-OH is 5. The lowest BCUT2D eigenvalue weighted by Crippen LogP contribution is -2.59. The van der Waals surface area contributed by atoms with Crippen LogP contribution in [0.3, 0.4) is 0 Å². The van der Waals surface area contributed by atoms with Crippen LogP contribution in [0, 0.1) is 0 Å². The first-order valence-corrected chi connectivity index (χ1v) is 10.9. The number of carbonyl (C=O) groups excluding carboxylic acids is 1. The van der Waals surface area contributed by atoms with E-state index in [1.165, 1.54) is 37.5 Å². The third-order valence-electron chi connectivity index (χ3n) is 5.77. The van der Waals surface area contributed by atoms with Gasteiger partial charge in [-0.05, 0) is 24.3 Å². The molecule has 0 radical (unpaired) electrons. The highest BCUT2D eigenvalue weighted by atomic mass is 16.7. The van der Waals surface area contributed by atoms with Crippen molar-refractivity contribution in [1.29, 1.82) is 0 Å². The van der Waals surface area contributed by atoms with Crippen LogP contribution in [0.5, 0.6) is 11.5 Å². The van der Waals surface area contributed by atoms with E-state index in [0.717, 1.165) is 13.0 Å². The van der Waals surface area contributed by atoms with Gasteiger partial charge in [0, 0.05) is 30.2 Å². The third-order valence-corrected chi connectivity index (χ3v) is 5.77. The van der Waals surface area contributed by atoms with Crippen molar-refractivity contribution in [2.45, 2.75) is 43.7 Å². The van der Waals surface area contributed by atoms with E-state index in [9.17, 15) is 35.4 Å². The predicted molar refractivity (Wildman–Crippen MR) is 120 cm³/mol. The normalized spacial score (nSPS) is 29.8. The lowest BCUT2D eigenvalue weighted by Gasteiger charge is -2.40. The van der Waals surface area contributed by atoms with Crippen LogP contribution in [0.1, 0.15) is 12.5 Å². The number of aliphatic hydroxyl groups is 5. The lowest BCUT2D eigenvalue weighted by atomic mass is 9.96. The number of ether oxygens (including phenoxy) is 5. The Morgan fingerprint density at radius 2 is 1.81 bits per heavy atom. The molecule has 6 atom stereocenters. The number of fused-ring (bicyclic) bond motifs is 1. The van der Waals surface area contributed by atoms with Crippen molar-refractivity contribution in [2.75, 3.05) is 13.7 Å². The molecule has 1 aromatic rings. The molecule has 3 aliphatic rings. The van der Waals surface area contributed by atoms with Gasteiger partial charge >= 0.3 is 5.97 Å². The molecule has 12 nitrogen and oxygen atoms in total. The second-order valence-electron chi connectivity index (χ2n) is 8.27. The zero-order valence-corrected chi connectivity index (χ0v) is 19.3. The minimum absolute atomic E-state index is 0.0531. The molecular weight excluding hydrogens is 480 g/mol. The third kappa shape index (κ3) is 4.97. The Labute approximate surface area is 205 Å². The Hall–Kier alpha value is -3.71. The molecule has 6 unspecified atom stereocenters. The second kappa shape index (κ2) is 10.1. The van der Waals surface area contributed by atoms with E-state index in [0.29, 0.717) is 5.56 Å². The first-order valence-electron chi connectivity index (χ1n) is 10.9. The van der Waals surface area contributed by atoms with Crippen molar-refractivity contribution in [3.8, 4) is 11.5 Å². The zero-order chi connectivity index (χ0) is 26.1. The molecule has 194 valence electrons. The van der Waals surface area contributed by atoms with Gasteiger partial charge in [0.05, 0.1) is 7.11 Å². The van der Waals surface area contributed by atoms with E-state index in [1.54, 1.807) is 0 Å². The van der Waals surface area contributed by atoms with Crippen LogP contribution >= 0.6 is 0 Å². The topological polar surface area (TPSA) is 185 Å². The maximum absolute atomic E-state index is 11.2. The molecule has 1 aromatic carbocycles. The van der Waals surface area contributed by atoms with Crippen LogP contribution < -0.4 is 4.74 Å². The number of phenols is 1. The highest BCUT2D eigenvalue weighted by molar-refractivity contribution is 5.70. The van der Waals surface area contributed by atoms with E-state index in [-0.39, 0.29) is 40.1 Å². The Balaban J connectivity index is 1.72. The molecule has 0 aromatic heterocycles. The van der Waals surface area contributed by atoms with Gasteiger partial charge in [0.25, 0.3) is 0 Å². The van der Waals surface area contributed by atoms with Crippen molar-refractivity contribution in [1.82, 2.24) is 0 Å². The smallest absolute Gasteiger partial charge is 0.302 e. The number of carbonyl (C=O) groups is 1. The standard InChI is InChI=1S/C24H26O12/c1-10(25)33-9-19-20(29)21(30)22(31)24(36-19)35-18-8-13-15(28)6-12(26)7-16(13)34-23(18)11-3-4-14(27)17(5-11)32-2/h3-8,16,19-22,24,26-31H,9H2,1-2H3. The fourth-order valence-electron chi connectivity index (χ4n) is 3.90. The van der Waals surface area contributed by atoms with Crippen LogP contribution in [0.4, 0.5) is 0 Å². The van der Waals surface area contributed by atoms with E-state index < -0.39 is 49.4 Å². The van der Waals surface area contributed by atoms with Gasteiger partial charge in [-0.3, -0.25) is 4.79 Å². The number of benzene rings is 1. The summed E-state index contributed by atoms with van der Waals surface area (Å²) in [6, 6.07) is 4.31. The summed E-state index contributed by atoms with van der Waals surface area (Å²) < 4.78 is 27.5. The second-order valence-corrected chi connectivity index (χ2v) is 8.27. The number of esters is 1. The maximum atomic E-state index is 11.2. The van der Waals surface area contributed by atoms with Crippen LogP contribution in [-0.4, -0.2) is 87.1 Å². The Morgan fingerprint density at radius 3 is 2.50 bits per heavy atom. The number of aromatic hydroxyl groups is 1. The predicted octanol–water partition coefficient (Wildman–Crippen LogP) is 0.679. The SMILES string of the molecule is COc1cc(C2=C(OC3OC(COC(C)=O)C(O)C(O)C3O)C=C3C(O)=CC(O)=CC3O2)ccc1O. The van der Waals surface area contributed by atoms with E-state index in [1.807, 2.05) is 0 Å². The minimum Gasteiger partial charge on any atom is -0.508 e. The fourth-order valence-corrected chi connectivity index (χ4v) is 3.90. The summed E-state index contributed by atoms with van der Waals surface area (Å²) in [6.07, 6.45) is -4.81. The maximum Gasteiger partial charge on any atom is 0.302 e. The number of phenolic OH excluding ortho intramolecular Hbond substituents is 1. The Morgan fingerprint density at radius 1 is 1.06 bits per heavy atom. The molecule has 0 saturated carbocycles. The molecule has 1 aliphatic carbocycles. The van der Waals surface area contributed by atoms with E-state index >= 15 is 0 Å². The van der Waals surface area contributed by atoms with Gasteiger partial charge in [-0.25, -0.2) is 0 Å². The van der Waals surface area contributed by atoms with Crippen molar-refractivity contribution < 1.29 is 59.1 Å². The summed E-state index contributed by atoms with van der Waals surface area (Å²) in [5.41, 5.74) is 0.582. The monoisotopic (exact) mass is 506 g/mol. The summed E-state index contributed by atoms with van der Waals surface area (Å²) in [5, 5.41) is 61.3. The molecule has 2 heterocycles.